The highest BCUT2D eigenvalue weighted by atomic mass is 16.3. The van der Waals surface area contributed by atoms with Crippen LogP contribution in [0.25, 0.3) is 10.8 Å². The van der Waals surface area contributed by atoms with Gasteiger partial charge in [-0.15, -0.1) is 0 Å². The second-order valence-corrected chi connectivity index (χ2v) is 5.69. The Hall–Kier alpha value is -3.14. The Morgan fingerprint density at radius 3 is 2.62 bits per heavy atom. The molecule has 0 aliphatic rings. The van der Waals surface area contributed by atoms with Crippen molar-refractivity contribution < 1.29 is 9.90 Å². The fraction of sp³-hybridized carbons (Fsp3) is 0.100. The zero-order chi connectivity index (χ0) is 17.1. The molecule has 3 rings (SSSR count). The number of carbonyl (C=O) groups excluding carboxylic acids is 1. The van der Waals surface area contributed by atoms with Crippen molar-refractivity contribution in [3.8, 4) is 5.75 Å². The summed E-state index contributed by atoms with van der Waals surface area (Å²) in [5.41, 5.74) is 5.54. The lowest BCUT2D eigenvalue weighted by atomic mass is 10.0. The van der Waals surface area contributed by atoms with Gasteiger partial charge < -0.3 is 5.11 Å². The molecule has 1 amide bonds. The van der Waals surface area contributed by atoms with Crippen LogP contribution in [0, 0.1) is 6.92 Å². The van der Waals surface area contributed by atoms with Gasteiger partial charge in [0.25, 0.3) is 5.91 Å². The Bertz CT molecular complexity index is 945. The first-order valence-corrected chi connectivity index (χ1v) is 7.68. The topological polar surface area (TPSA) is 61.7 Å². The maximum Gasteiger partial charge on any atom is 0.275 e. The first-order valence-electron chi connectivity index (χ1n) is 7.68. The van der Waals surface area contributed by atoms with Crippen LogP contribution in [0.15, 0.2) is 65.8 Å². The predicted octanol–water partition coefficient (Wildman–Crippen LogP) is 4.01. The summed E-state index contributed by atoms with van der Waals surface area (Å²) >= 11 is 0. The van der Waals surface area contributed by atoms with Crippen molar-refractivity contribution in [1.29, 1.82) is 0 Å². The molecule has 0 aliphatic carbocycles. The second-order valence-electron chi connectivity index (χ2n) is 5.69. The van der Waals surface area contributed by atoms with Crippen LogP contribution in [0.1, 0.15) is 28.4 Å². The Labute approximate surface area is 140 Å². The lowest BCUT2D eigenvalue weighted by Gasteiger charge is -2.08. The molecule has 0 aromatic heterocycles. The van der Waals surface area contributed by atoms with E-state index in [1.165, 1.54) is 6.07 Å². The van der Waals surface area contributed by atoms with E-state index in [2.05, 4.69) is 10.5 Å². The number of hydrogen-bond acceptors (Lipinski definition) is 3. The number of carbonyl (C=O) groups is 1. The van der Waals surface area contributed by atoms with E-state index in [1.54, 1.807) is 12.1 Å². The van der Waals surface area contributed by atoms with Crippen molar-refractivity contribution in [1.82, 2.24) is 5.43 Å². The summed E-state index contributed by atoms with van der Waals surface area (Å²) in [6, 6.07) is 18.6. The van der Waals surface area contributed by atoms with Crippen LogP contribution in [0.5, 0.6) is 5.75 Å². The van der Waals surface area contributed by atoms with Gasteiger partial charge in [0, 0.05) is 0 Å². The SMILES string of the molecule is C/C(=N/NC(=O)c1c(O)ccc2ccccc12)c1cccc(C)c1. The molecule has 0 unspecified atom stereocenters. The smallest absolute Gasteiger partial charge is 0.275 e. The summed E-state index contributed by atoms with van der Waals surface area (Å²) in [6.45, 7) is 3.83. The minimum Gasteiger partial charge on any atom is -0.507 e. The first-order chi connectivity index (χ1) is 11.6. The van der Waals surface area contributed by atoms with E-state index < -0.39 is 5.91 Å². The van der Waals surface area contributed by atoms with Gasteiger partial charge in [0.05, 0.1) is 11.3 Å². The van der Waals surface area contributed by atoms with E-state index in [0.29, 0.717) is 11.1 Å². The first kappa shape index (κ1) is 15.7. The van der Waals surface area contributed by atoms with Crippen LogP contribution in [0.4, 0.5) is 0 Å². The van der Waals surface area contributed by atoms with Gasteiger partial charge in [-0.1, -0.05) is 60.2 Å². The number of amides is 1. The van der Waals surface area contributed by atoms with Crippen LogP contribution in [-0.2, 0) is 0 Å². The zero-order valence-corrected chi connectivity index (χ0v) is 13.6. The zero-order valence-electron chi connectivity index (χ0n) is 13.6. The van der Waals surface area contributed by atoms with Crippen LogP contribution in [0.2, 0.25) is 0 Å². The average Bonchev–Trinajstić information content (AvgIpc) is 2.59. The number of benzene rings is 3. The summed E-state index contributed by atoms with van der Waals surface area (Å²) in [7, 11) is 0. The minimum absolute atomic E-state index is 0.0605. The summed E-state index contributed by atoms with van der Waals surface area (Å²) < 4.78 is 0. The van der Waals surface area contributed by atoms with Crippen LogP contribution in [-0.4, -0.2) is 16.7 Å². The summed E-state index contributed by atoms with van der Waals surface area (Å²) in [5.74, 6) is -0.495. The fourth-order valence-corrected chi connectivity index (χ4v) is 2.62. The van der Waals surface area contributed by atoms with Gasteiger partial charge in [-0.3, -0.25) is 4.79 Å². The third-order valence-electron chi connectivity index (χ3n) is 3.90. The molecule has 0 bridgehead atoms. The average molecular weight is 318 g/mol. The van der Waals surface area contributed by atoms with Crippen molar-refractivity contribution >= 4 is 22.4 Å². The molecule has 120 valence electrons. The molecule has 0 saturated heterocycles. The van der Waals surface area contributed by atoms with E-state index in [-0.39, 0.29) is 11.3 Å². The number of hydrazone groups is 1. The Morgan fingerprint density at radius 1 is 1.04 bits per heavy atom. The molecular weight excluding hydrogens is 300 g/mol. The second kappa shape index (κ2) is 6.54. The maximum atomic E-state index is 12.5. The van der Waals surface area contributed by atoms with E-state index in [9.17, 15) is 9.90 Å². The number of hydrogen-bond donors (Lipinski definition) is 2. The number of rotatable bonds is 3. The van der Waals surface area contributed by atoms with Crippen molar-refractivity contribution in [2.24, 2.45) is 5.10 Å². The Kier molecular flexibility index (Phi) is 4.29. The molecule has 0 aliphatic heterocycles. The standard InChI is InChI=1S/C20H18N2O2/c1-13-6-5-8-16(12-13)14(2)21-22-20(24)19-17-9-4-3-7-15(17)10-11-18(19)23/h3-12,23H,1-2H3,(H,22,24)/b21-14-. The molecule has 0 atom stereocenters. The van der Waals surface area contributed by atoms with E-state index in [4.69, 9.17) is 0 Å². The molecule has 0 heterocycles. The van der Waals surface area contributed by atoms with Crippen molar-refractivity contribution in [3.05, 3.63) is 77.4 Å². The highest BCUT2D eigenvalue weighted by Gasteiger charge is 2.14. The normalized spacial score (nSPS) is 11.5. The van der Waals surface area contributed by atoms with Crippen molar-refractivity contribution in [2.75, 3.05) is 0 Å². The lowest BCUT2D eigenvalue weighted by molar-refractivity contribution is 0.0954. The maximum absolute atomic E-state index is 12.5. The molecule has 0 saturated carbocycles. The van der Waals surface area contributed by atoms with Gasteiger partial charge in [-0.05, 0) is 36.2 Å². The van der Waals surface area contributed by atoms with Gasteiger partial charge in [0.15, 0.2) is 0 Å². The molecule has 3 aromatic rings. The quantitative estimate of drug-likeness (QED) is 0.566. The number of phenolic OH excluding ortho intramolecular Hbond substituents is 1. The number of aryl methyl sites for hydroxylation is 1. The largest absolute Gasteiger partial charge is 0.507 e. The monoisotopic (exact) mass is 318 g/mol. The van der Waals surface area contributed by atoms with Crippen molar-refractivity contribution in [2.45, 2.75) is 13.8 Å². The molecular formula is C20H18N2O2. The molecule has 3 aromatic carbocycles. The Balaban J connectivity index is 1.91. The fourth-order valence-electron chi connectivity index (χ4n) is 2.62. The van der Waals surface area contributed by atoms with Crippen LogP contribution < -0.4 is 5.43 Å². The molecule has 0 fully saturated rings. The van der Waals surface area contributed by atoms with Gasteiger partial charge in [-0.25, -0.2) is 5.43 Å². The molecule has 4 heteroatoms. The number of fused-ring (bicyclic) bond motifs is 1. The van der Waals surface area contributed by atoms with E-state index in [1.807, 2.05) is 56.3 Å². The van der Waals surface area contributed by atoms with Crippen LogP contribution in [0.3, 0.4) is 0 Å². The number of aromatic hydroxyl groups is 1. The van der Waals surface area contributed by atoms with Gasteiger partial charge >= 0.3 is 0 Å². The minimum atomic E-state index is -0.434. The molecule has 4 nitrogen and oxygen atoms in total. The number of phenols is 1. The van der Waals surface area contributed by atoms with Crippen molar-refractivity contribution in [3.63, 3.8) is 0 Å². The molecule has 24 heavy (non-hydrogen) atoms. The van der Waals surface area contributed by atoms with Gasteiger partial charge in [0.2, 0.25) is 0 Å². The number of nitrogens with zero attached hydrogens (tertiary/aromatic N) is 1. The summed E-state index contributed by atoms with van der Waals surface area (Å²) in [5, 5.41) is 15.8. The summed E-state index contributed by atoms with van der Waals surface area (Å²) in [6.07, 6.45) is 0. The van der Waals surface area contributed by atoms with Gasteiger partial charge in [0.1, 0.15) is 5.75 Å². The highest BCUT2D eigenvalue weighted by Crippen LogP contribution is 2.26. The molecule has 0 radical (unpaired) electrons. The van der Waals surface area contributed by atoms with E-state index in [0.717, 1.165) is 16.5 Å². The number of nitrogens with one attached hydrogen (secondary N) is 1. The third-order valence-corrected chi connectivity index (χ3v) is 3.90. The highest BCUT2D eigenvalue weighted by molar-refractivity contribution is 6.10. The Morgan fingerprint density at radius 2 is 1.83 bits per heavy atom. The van der Waals surface area contributed by atoms with E-state index >= 15 is 0 Å². The van der Waals surface area contributed by atoms with Crippen LogP contribution >= 0.6 is 0 Å². The predicted molar refractivity (Wildman–Crippen MR) is 96.5 cm³/mol. The third kappa shape index (κ3) is 3.13. The summed E-state index contributed by atoms with van der Waals surface area (Å²) in [4.78, 5) is 12.5. The van der Waals surface area contributed by atoms with Gasteiger partial charge in [-0.2, -0.15) is 5.10 Å². The molecule has 0 spiro atoms. The molecule has 2 N–H and O–H groups in total. The lowest BCUT2D eigenvalue weighted by Crippen LogP contribution is -2.19.